The van der Waals surface area contributed by atoms with Gasteiger partial charge < -0.3 is 5.32 Å². The number of carbonyl (C=O) groups is 1. The van der Waals surface area contributed by atoms with Gasteiger partial charge in [0, 0.05) is 25.2 Å². The van der Waals surface area contributed by atoms with E-state index in [0.29, 0.717) is 16.7 Å². The summed E-state index contributed by atoms with van der Waals surface area (Å²) in [4.78, 5) is 32.3. The first kappa shape index (κ1) is 21.1. The maximum Gasteiger partial charge on any atom is 0.261 e. The number of anilines is 1. The van der Waals surface area contributed by atoms with E-state index < -0.39 is 0 Å². The molecule has 0 radical (unpaired) electrons. The van der Waals surface area contributed by atoms with E-state index in [4.69, 9.17) is 0 Å². The molecule has 0 bridgehead atoms. The van der Waals surface area contributed by atoms with Gasteiger partial charge in [-0.2, -0.15) is 5.10 Å². The zero-order valence-electron chi connectivity index (χ0n) is 18.5. The number of fused-ring (bicyclic) bond motifs is 1. The second kappa shape index (κ2) is 8.99. The summed E-state index contributed by atoms with van der Waals surface area (Å²) in [5.41, 5.74) is 2.58. The van der Waals surface area contributed by atoms with Crippen LogP contribution in [0, 0.1) is 6.92 Å². The van der Waals surface area contributed by atoms with Crippen LogP contribution in [0.15, 0.2) is 71.9 Å². The number of nitrogens with zero attached hydrogens (tertiary/aromatic N) is 5. The van der Waals surface area contributed by atoms with Crippen LogP contribution in [0.5, 0.6) is 0 Å². The predicted octanol–water partition coefficient (Wildman–Crippen LogP) is 2.99. The average molecular weight is 443 g/mol. The van der Waals surface area contributed by atoms with E-state index in [0.717, 1.165) is 31.6 Å². The summed E-state index contributed by atoms with van der Waals surface area (Å²) >= 11 is 0. The molecule has 1 aliphatic rings. The van der Waals surface area contributed by atoms with Crippen molar-refractivity contribution in [1.82, 2.24) is 24.2 Å². The number of hydrogen-bond acceptors (Lipinski definition) is 5. The molecular formula is C25H26N6O2. The molecule has 1 aliphatic heterocycles. The van der Waals surface area contributed by atoms with E-state index >= 15 is 0 Å². The van der Waals surface area contributed by atoms with Crippen molar-refractivity contribution in [3.8, 4) is 0 Å². The second-order valence-corrected chi connectivity index (χ2v) is 8.53. The van der Waals surface area contributed by atoms with Gasteiger partial charge >= 0.3 is 0 Å². The van der Waals surface area contributed by atoms with Crippen molar-refractivity contribution in [3.05, 3.63) is 88.6 Å². The summed E-state index contributed by atoms with van der Waals surface area (Å²) in [6, 6.07) is 17.7. The van der Waals surface area contributed by atoms with Gasteiger partial charge in [-0.15, -0.1) is 0 Å². The van der Waals surface area contributed by atoms with Crippen molar-refractivity contribution in [2.24, 2.45) is 0 Å². The lowest BCUT2D eigenvalue weighted by atomic mass is 10.2. The summed E-state index contributed by atoms with van der Waals surface area (Å²) < 4.78 is 3.25. The van der Waals surface area contributed by atoms with Gasteiger partial charge in [-0.25, -0.2) is 9.67 Å². The minimum absolute atomic E-state index is 0.105. The summed E-state index contributed by atoms with van der Waals surface area (Å²) in [6.07, 6.45) is 4.16. The highest BCUT2D eigenvalue weighted by atomic mass is 16.2. The van der Waals surface area contributed by atoms with Crippen LogP contribution in [0.4, 0.5) is 5.82 Å². The first-order chi connectivity index (χ1) is 16.1. The maximum absolute atomic E-state index is 12.8. The predicted molar refractivity (Wildman–Crippen MR) is 127 cm³/mol. The molecule has 2 aromatic heterocycles. The summed E-state index contributed by atoms with van der Waals surface area (Å²) in [7, 11) is 0. The molecule has 33 heavy (non-hydrogen) atoms. The molecule has 1 atom stereocenters. The molecule has 0 spiro atoms. The van der Waals surface area contributed by atoms with Gasteiger partial charge in [0.15, 0.2) is 0 Å². The van der Waals surface area contributed by atoms with Crippen LogP contribution >= 0.6 is 0 Å². The number of carbonyl (C=O) groups excluding carboxylic acids is 1. The molecule has 0 aliphatic carbocycles. The molecule has 1 fully saturated rings. The van der Waals surface area contributed by atoms with Gasteiger partial charge in [-0.05, 0) is 31.0 Å². The lowest BCUT2D eigenvalue weighted by molar-refractivity contribution is -0.116. The van der Waals surface area contributed by atoms with Gasteiger partial charge in [0.25, 0.3) is 5.56 Å². The van der Waals surface area contributed by atoms with Crippen molar-refractivity contribution in [2.75, 3.05) is 18.4 Å². The standard InChI is InChI=1S/C25H26N6O2/c1-18-13-27-31(20-11-12-29(15-20)14-19-7-3-2-4-8-19)24(18)28-23(32)16-30-17-26-22-10-6-5-9-21(22)25(30)33/h2-10,13,17,20H,11-12,14-16H2,1H3,(H,28,32). The molecule has 1 unspecified atom stereocenters. The Morgan fingerprint density at radius 1 is 1.12 bits per heavy atom. The number of aromatic nitrogens is 4. The molecule has 5 rings (SSSR count). The Morgan fingerprint density at radius 3 is 2.76 bits per heavy atom. The number of likely N-dealkylation sites (tertiary alicyclic amines) is 1. The first-order valence-corrected chi connectivity index (χ1v) is 11.1. The number of hydrogen-bond donors (Lipinski definition) is 1. The fraction of sp³-hybridized carbons (Fsp3) is 0.280. The fourth-order valence-corrected chi connectivity index (χ4v) is 4.42. The minimum atomic E-state index is -0.279. The van der Waals surface area contributed by atoms with E-state index in [1.165, 1.54) is 16.5 Å². The molecule has 3 heterocycles. The number of para-hydroxylation sites is 1. The normalized spacial score (nSPS) is 16.3. The number of benzene rings is 2. The smallest absolute Gasteiger partial charge is 0.261 e. The highest BCUT2D eigenvalue weighted by Gasteiger charge is 2.27. The Kier molecular flexibility index (Phi) is 5.75. The third kappa shape index (κ3) is 4.42. The Morgan fingerprint density at radius 2 is 1.91 bits per heavy atom. The minimum Gasteiger partial charge on any atom is -0.309 e. The summed E-state index contributed by atoms with van der Waals surface area (Å²) in [6.45, 7) is 4.57. The lowest BCUT2D eigenvalue weighted by Crippen LogP contribution is -2.29. The van der Waals surface area contributed by atoms with Crippen molar-refractivity contribution in [1.29, 1.82) is 0 Å². The van der Waals surface area contributed by atoms with Crippen LogP contribution in [0.3, 0.4) is 0 Å². The van der Waals surface area contributed by atoms with Gasteiger partial charge in [0.05, 0.1) is 29.5 Å². The van der Waals surface area contributed by atoms with Crippen LogP contribution in [0.2, 0.25) is 0 Å². The van der Waals surface area contributed by atoms with E-state index in [1.807, 2.05) is 23.7 Å². The highest BCUT2D eigenvalue weighted by molar-refractivity contribution is 5.90. The molecule has 4 aromatic rings. The van der Waals surface area contributed by atoms with Gasteiger partial charge in [0.1, 0.15) is 12.4 Å². The molecule has 168 valence electrons. The quantitative estimate of drug-likeness (QED) is 0.496. The zero-order valence-corrected chi connectivity index (χ0v) is 18.5. The highest BCUT2D eigenvalue weighted by Crippen LogP contribution is 2.27. The molecule has 1 saturated heterocycles. The van der Waals surface area contributed by atoms with Crippen molar-refractivity contribution in [3.63, 3.8) is 0 Å². The van der Waals surface area contributed by atoms with Crippen LogP contribution < -0.4 is 10.9 Å². The van der Waals surface area contributed by atoms with Crippen LogP contribution in [0.25, 0.3) is 10.9 Å². The Hall–Kier alpha value is -3.78. The van der Waals surface area contributed by atoms with Crippen LogP contribution in [-0.4, -0.2) is 43.2 Å². The van der Waals surface area contributed by atoms with Crippen molar-refractivity contribution >= 4 is 22.6 Å². The van der Waals surface area contributed by atoms with E-state index in [9.17, 15) is 9.59 Å². The maximum atomic E-state index is 12.8. The molecule has 8 heteroatoms. The summed E-state index contributed by atoms with van der Waals surface area (Å²) in [5, 5.41) is 8.03. The zero-order chi connectivity index (χ0) is 22.8. The molecule has 1 amide bonds. The Labute approximate surface area is 191 Å². The Balaban J connectivity index is 1.28. The molecular weight excluding hydrogens is 416 g/mol. The average Bonchev–Trinajstić information content (AvgIpc) is 3.43. The fourth-order valence-electron chi connectivity index (χ4n) is 4.42. The lowest BCUT2D eigenvalue weighted by Gasteiger charge is -2.18. The number of rotatable bonds is 6. The van der Waals surface area contributed by atoms with E-state index in [2.05, 4.69) is 44.6 Å². The molecule has 0 saturated carbocycles. The molecule has 8 nitrogen and oxygen atoms in total. The topological polar surface area (TPSA) is 85.1 Å². The third-order valence-electron chi connectivity index (χ3n) is 6.12. The van der Waals surface area contributed by atoms with Gasteiger partial charge in [-0.1, -0.05) is 42.5 Å². The molecule has 2 aromatic carbocycles. The first-order valence-electron chi connectivity index (χ1n) is 11.1. The van der Waals surface area contributed by atoms with E-state index in [-0.39, 0.29) is 24.1 Å². The largest absolute Gasteiger partial charge is 0.309 e. The second-order valence-electron chi connectivity index (χ2n) is 8.53. The van der Waals surface area contributed by atoms with Crippen LogP contribution in [0.1, 0.15) is 23.6 Å². The van der Waals surface area contributed by atoms with Crippen LogP contribution in [-0.2, 0) is 17.9 Å². The number of aryl methyl sites for hydroxylation is 1. The Bertz CT molecular complexity index is 1340. The van der Waals surface area contributed by atoms with Gasteiger partial charge in [0.2, 0.25) is 5.91 Å². The van der Waals surface area contributed by atoms with E-state index in [1.54, 1.807) is 24.4 Å². The molecule has 1 N–H and O–H groups in total. The number of nitrogens with one attached hydrogen (secondary N) is 1. The van der Waals surface area contributed by atoms with Crippen molar-refractivity contribution in [2.45, 2.75) is 32.5 Å². The van der Waals surface area contributed by atoms with Crippen molar-refractivity contribution < 1.29 is 4.79 Å². The van der Waals surface area contributed by atoms with Gasteiger partial charge in [-0.3, -0.25) is 19.1 Å². The SMILES string of the molecule is Cc1cnn(C2CCN(Cc3ccccc3)C2)c1NC(=O)Cn1cnc2ccccc2c1=O. The monoisotopic (exact) mass is 442 g/mol. The number of amides is 1. The summed E-state index contributed by atoms with van der Waals surface area (Å²) in [5.74, 6) is 0.409. The third-order valence-corrected chi connectivity index (χ3v) is 6.12.